The summed E-state index contributed by atoms with van der Waals surface area (Å²) in [4.78, 5) is 38.4. The highest BCUT2D eigenvalue weighted by Crippen LogP contribution is 2.16. The molecule has 0 aliphatic carbocycles. The number of hydrogen-bond acceptors (Lipinski definition) is 6. The normalized spacial score (nSPS) is 12.8. The van der Waals surface area contributed by atoms with Crippen LogP contribution < -0.4 is 0 Å². The molecule has 1 unspecified atom stereocenters. The molecule has 0 aliphatic rings. The second kappa shape index (κ2) is 66.6. The standard InChI is InChI=1S/C73H124O6/c1-4-7-10-13-16-19-22-25-28-31-33-34-35-36-37-38-40-42-45-48-51-54-57-60-63-66-72(75)78-69-70(68-77-71(74)65-62-59-56-53-50-47-44-41-30-27-24-21-18-15-12-9-6-3)79-73(76)67-64-61-58-55-52-49-46-43-39-32-29-26-23-20-17-14-11-8-5-2/h7,10,16-21,25-30,33-34,39,43,70H,4-6,8-9,11-15,22-24,31-32,35-38,40-42,44-69H2,1-3H3/b10-7-,19-16-,20-17-,21-18-,28-25-,29-26-,30-27-,34-33-,43-39-. The Balaban J connectivity index is 4.38. The van der Waals surface area contributed by atoms with Crippen molar-refractivity contribution >= 4 is 17.9 Å². The van der Waals surface area contributed by atoms with Gasteiger partial charge in [0, 0.05) is 19.3 Å². The van der Waals surface area contributed by atoms with Crippen LogP contribution in [0, 0.1) is 0 Å². The monoisotopic (exact) mass is 1100 g/mol. The molecular weight excluding hydrogens is 973 g/mol. The molecule has 0 aromatic carbocycles. The summed E-state index contributed by atoms with van der Waals surface area (Å²) in [5.41, 5.74) is 0. The SMILES string of the molecule is CC/C=C\C/C=C\C/C=C\C/C=C\CCCCCCCCCCCCCCC(=O)OCC(COC(=O)CCCCCCCCC/C=C\C/C=C\CCCCC)OC(=O)CCCCCCCC/C=C\C/C=C\C/C=C\CCCCC. The number of ether oxygens (including phenoxy) is 3. The van der Waals surface area contributed by atoms with Gasteiger partial charge in [0.1, 0.15) is 13.2 Å². The topological polar surface area (TPSA) is 78.9 Å². The van der Waals surface area contributed by atoms with Gasteiger partial charge >= 0.3 is 17.9 Å². The van der Waals surface area contributed by atoms with Crippen molar-refractivity contribution < 1.29 is 28.6 Å². The van der Waals surface area contributed by atoms with E-state index in [2.05, 4.69) is 130 Å². The number of esters is 3. The lowest BCUT2D eigenvalue weighted by molar-refractivity contribution is -0.167. The average molecular weight is 1100 g/mol. The van der Waals surface area contributed by atoms with E-state index in [1.54, 1.807) is 0 Å². The molecule has 0 spiro atoms. The van der Waals surface area contributed by atoms with Crippen molar-refractivity contribution in [2.24, 2.45) is 0 Å². The highest BCUT2D eigenvalue weighted by Gasteiger charge is 2.19. The van der Waals surface area contributed by atoms with Crippen LogP contribution in [0.15, 0.2) is 109 Å². The van der Waals surface area contributed by atoms with Crippen LogP contribution in [0.25, 0.3) is 0 Å². The first-order valence-corrected chi connectivity index (χ1v) is 33.4. The van der Waals surface area contributed by atoms with E-state index in [1.807, 2.05) is 0 Å². The molecule has 0 bridgehead atoms. The second-order valence-corrected chi connectivity index (χ2v) is 22.0. The van der Waals surface area contributed by atoms with Crippen LogP contribution in [0.1, 0.15) is 316 Å². The average Bonchev–Trinajstić information content (AvgIpc) is 3.45. The van der Waals surface area contributed by atoms with E-state index in [9.17, 15) is 14.4 Å². The van der Waals surface area contributed by atoms with Gasteiger partial charge in [-0.3, -0.25) is 14.4 Å². The number of unbranched alkanes of at least 4 members (excludes halogenated alkanes) is 31. The zero-order chi connectivity index (χ0) is 57.1. The molecule has 452 valence electrons. The minimum absolute atomic E-state index is 0.0869. The Hall–Kier alpha value is -3.93. The first-order valence-electron chi connectivity index (χ1n) is 33.4. The maximum Gasteiger partial charge on any atom is 0.306 e. The Morgan fingerprint density at radius 3 is 0.772 bits per heavy atom. The summed E-state index contributed by atoms with van der Waals surface area (Å²) in [6, 6.07) is 0. The molecule has 6 nitrogen and oxygen atoms in total. The van der Waals surface area contributed by atoms with Gasteiger partial charge in [0.15, 0.2) is 6.10 Å². The molecule has 0 rings (SSSR count). The van der Waals surface area contributed by atoms with Crippen LogP contribution in [0.3, 0.4) is 0 Å². The number of carbonyl (C=O) groups is 3. The molecule has 0 amide bonds. The van der Waals surface area contributed by atoms with Crippen molar-refractivity contribution in [3.8, 4) is 0 Å². The van der Waals surface area contributed by atoms with Crippen LogP contribution in [0.5, 0.6) is 0 Å². The van der Waals surface area contributed by atoms with E-state index in [0.29, 0.717) is 19.3 Å². The molecular formula is C73H124O6. The molecule has 0 fully saturated rings. The zero-order valence-corrected chi connectivity index (χ0v) is 51.9. The van der Waals surface area contributed by atoms with E-state index in [-0.39, 0.29) is 31.1 Å². The van der Waals surface area contributed by atoms with Gasteiger partial charge in [-0.1, -0.05) is 278 Å². The molecule has 0 N–H and O–H groups in total. The van der Waals surface area contributed by atoms with Gasteiger partial charge in [0.05, 0.1) is 0 Å². The van der Waals surface area contributed by atoms with Crippen LogP contribution in [-0.2, 0) is 28.6 Å². The van der Waals surface area contributed by atoms with Gasteiger partial charge < -0.3 is 14.2 Å². The molecule has 0 aliphatic heterocycles. The lowest BCUT2D eigenvalue weighted by Gasteiger charge is -2.18. The van der Waals surface area contributed by atoms with E-state index in [0.717, 1.165) is 122 Å². The third-order valence-corrected chi connectivity index (χ3v) is 14.2. The van der Waals surface area contributed by atoms with Crippen LogP contribution >= 0.6 is 0 Å². The minimum Gasteiger partial charge on any atom is -0.462 e. The third-order valence-electron chi connectivity index (χ3n) is 14.2. The molecule has 79 heavy (non-hydrogen) atoms. The second-order valence-electron chi connectivity index (χ2n) is 22.0. The van der Waals surface area contributed by atoms with Gasteiger partial charge in [0.25, 0.3) is 0 Å². The first kappa shape index (κ1) is 75.1. The van der Waals surface area contributed by atoms with Gasteiger partial charge in [-0.15, -0.1) is 0 Å². The number of rotatable bonds is 60. The van der Waals surface area contributed by atoms with Crippen molar-refractivity contribution in [1.29, 1.82) is 0 Å². The van der Waals surface area contributed by atoms with Gasteiger partial charge in [-0.2, -0.15) is 0 Å². The molecule has 0 saturated carbocycles. The van der Waals surface area contributed by atoms with Crippen molar-refractivity contribution in [3.05, 3.63) is 109 Å². The Bertz CT molecular complexity index is 1590. The largest absolute Gasteiger partial charge is 0.462 e. The quantitative estimate of drug-likeness (QED) is 0.0261. The summed E-state index contributed by atoms with van der Waals surface area (Å²) in [7, 11) is 0. The molecule has 0 radical (unpaired) electrons. The lowest BCUT2D eigenvalue weighted by atomic mass is 10.0. The molecule has 6 heteroatoms. The fourth-order valence-electron chi connectivity index (χ4n) is 9.24. The van der Waals surface area contributed by atoms with Crippen molar-refractivity contribution in [2.75, 3.05) is 13.2 Å². The van der Waals surface area contributed by atoms with E-state index < -0.39 is 6.10 Å². The Morgan fingerprint density at radius 2 is 0.494 bits per heavy atom. The molecule has 1 atom stereocenters. The van der Waals surface area contributed by atoms with Gasteiger partial charge in [-0.05, 0) is 128 Å². The number of allylic oxidation sites excluding steroid dienone is 18. The van der Waals surface area contributed by atoms with Gasteiger partial charge in [-0.25, -0.2) is 0 Å². The van der Waals surface area contributed by atoms with Crippen LogP contribution in [0.2, 0.25) is 0 Å². The summed E-state index contributed by atoms with van der Waals surface area (Å²) in [5.74, 6) is -0.899. The summed E-state index contributed by atoms with van der Waals surface area (Å²) in [6.07, 6.45) is 90.9. The molecule has 0 saturated heterocycles. The molecule has 0 aromatic rings. The smallest absolute Gasteiger partial charge is 0.306 e. The maximum atomic E-state index is 12.9. The highest BCUT2D eigenvalue weighted by atomic mass is 16.6. The van der Waals surface area contributed by atoms with Crippen molar-refractivity contribution in [1.82, 2.24) is 0 Å². The maximum absolute atomic E-state index is 12.9. The first-order chi connectivity index (χ1) is 39.0. The Labute approximate surface area is 489 Å². The number of carbonyl (C=O) groups excluding carboxylic acids is 3. The highest BCUT2D eigenvalue weighted by molar-refractivity contribution is 5.71. The van der Waals surface area contributed by atoms with Crippen LogP contribution in [-0.4, -0.2) is 37.2 Å². The predicted octanol–water partition coefficient (Wildman–Crippen LogP) is 23.0. The van der Waals surface area contributed by atoms with E-state index in [1.165, 1.54) is 154 Å². The Morgan fingerprint density at radius 1 is 0.266 bits per heavy atom. The fourth-order valence-corrected chi connectivity index (χ4v) is 9.24. The fraction of sp³-hybridized carbons (Fsp3) is 0.712. The van der Waals surface area contributed by atoms with E-state index >= 15 is 0 Å². The van der Waals surface area contributed by atoms with Crippen molar-refractivity contribution in [3.63, 3.8) is 0 Å². The lowest BCUT2D eigenvalue weighted by Crippen LogP contribution is -2.30. The van der Waals surface area contributed by atoms with E-state index in [4.69, 9.17) is 14.2 Å². The van der Waals surface area contributed by atoms with Crippen molar-refractivity contribution in [2.45, 2.75) is 322 Å². The third kappa shape index (κ3) is 64.8. The Kier molecular flexibility index (Phi) is 63.3. The minimum atomic E-state index is -0.793. The molecule has 0 aromatic heterocycles. The summed E-state index contributed by atoms with van der Waals surface area (Å²) >= 11 is 0. The summed E-state index contributed by atoms with van der Waals surface area (Å²) < 4.78 is 17.0. The predicted molar refractivity (Wildman–Crippen MR) is 343 cm³/mol. The summed E-state index contributed by atoms with van der Waals surface area (Å²) in [6.45, 7) is 6.48. The van der Waals surface area contributed by atoms with Gasteiger partial charge in [0.2, 0.25) is 0 Å². The summed E-state index contributed by atoms with van der Waals surface area (Å²) in [5, 5.41) is 0. The number of hydrogen-bond donors (Lipinski definition) is 0. The molecule has 0 heterocycles. The van der Waals surface area contributed by atoms with Crippen LogP contribution in [0.4, 0.5) is 0 Å². The zero-order valence-electron chi connectivity index (χ0n) is 51.9.